The number of rotatable bonds is 4. The maximum atomic E-state index is 12.3. The number of carbonyl (C=O) groups excluding carboxylic acids is 2. The van der Waals surface area contributed by atoms with Crippen molar-refractivity contribution in [2.75, 3.05) is 11.9 Å². The average Bonchev–Trinajstić information content (AvgIpc) is 2.61. The Hall–Kier alpha value is -2.79. The highest BCUT2D eigenvalue weighted by atomic mass is 35.5. The highest BCUT2D eigenvalue weighted by Gasteiger charge is 2.23. The third kappa shape index (κ3) is 4.00. The van der Waals surface area contributed by atoms with Gasteiger partial charge in [0.05, 0.1) is 5.69 Å². The Morgan fingerprint density at radius 3 is 2.72 bits per heavy atom. The molecule has 128 valence electrons. The van der Waals surface area contributed by atoms with E-state index in [9.17, 15) is 9.59 Å². The van der Waals surface area contributed by atoms with Crippen LogP contribution in [0.2, 0.25) is 5.02 Å². The molecule has 2 aromatic carbocycles. The molecule has 0 saturated carbocycles. The van der Waals surface area contributed by atoms with Crippen molar-refractivity contribution >= 4 is 35.2 Å². The molecular formula is C19H17ClN2O3. The van der Waals surface area contributed by atoms with Crippen LogP contribution in [-0.2, 0) is 4.79 Å². The Labute approximate surface area is 150 Å². The van der Waals surface area contributed by atoms with Gasteiger partial charge in [0.15, 0.2) is 11.5 Å². The molecule has 0 radical (unpaired) electrons. The molecule has 0 aliphatic carbocycles. The zero-order valence-corrected chi connectivity index (χ0v) is 14.4. The zero-order valence-electron chi connectivity index (χ0n) is 13.6. The number of benzene rings is 2. The summed E-state index contributed by atoms with van der Waals surface area (Å²) in [7, 11) is 0. The maximum Gasteiger partial charge on any atom is 0.291 e. The summed E-state index contributed by atoms with van der Waals surface area (Å²) in [6.45, 7) is 2.59. The molecule has 2 amide bonds. The summed E-state index contributed by atoms with van der Waals surface area (Å²) in [5.41, 5.74) is 1.75. The topological polar surface area (TPSA) is 67.4 Å². The van der Waals surface area contributed by atoms with Gasteiger partial charge in [0.25, 0.3) is 11.8 Å². The third-order valence-electron chi connectivity index (χ3n) is 3.64. The Morgan fingerprint density at radius 1 is 1.24 bits per heavy atom. The molecule has 3 rings (SSSR count). The van der Waals surface area contributed by atoms with E-state index in [-0.39, 0.29) is 17.6 Å². The van der Waals surface area contributed by atoms with Gasteiger partial charge in [-0.15, -0.1) is 0 Å². The molecule has 2 aromatic rings. The van der Waals surface area contributed by atoms with Crippen LogP contribution in [0, 0.1) is 0 Å². The van der Waals surface area contributed by atoms with Crippen molar-refractivity contribution in [1.82, 2.24) is 5.32 Å². The van der Waals surface area contributed by atoms with Gasteiger partial charge >= 0.3 is 0 Å². The first kappa shape index (κ1) is 17.0. The monoisotopic (exact) mass is 356 g/mol. The second-order valence-electron chi connectivity index (χ2n) is 5.58. The molecule has 0 spiro atoms. The number of ether oxygens (including phenoxy) is 1. The van der Waals surface area contributed by atoms with Crippen molar-refractivity contribution in [3.05, 3.63) is 64.4 Å². The van der Waals surface area contributed by atoms with E-state index in [4.69, 9.17) is 16.3 Å². The van der Waals surface area contributed by atoms with Crippen LogP contribution in [0.15, 0.2) is 48.2 Å². The minimum Gasteiger partial charge on any atom is -0.449 e. The molecule has 25 heavy (non-hydrogen) atoms. The van der Waals surface area contributed by atoms with Gasteiger partial charge in [0.1, 0.15) is 0 Å². The predicted octanol–water partition coefficient (Wildman–Crippen LogP) is 3.85. The van der Waals surface area contributed by atoms with Crippen molar-refractivity contribution in [2.45, 2.75) is 13.3 Å². The minimum absolute atomic E-state index is 0.179. The van der Waals surface area contributed by atoms with Gasteiger partial charge in [-0.1, -0.05) is 30.7 Å². The summed E-state index contributed by atoms with van der Waals surface area (Å²) in [6, 6.07) is 12.0. The average molecular weight is 357 g/mol. The molecule has 2 N–H and O–H groups in total. The molecule has 0 saturated heterocycles. The quantitative estimate of drug-likeness (QED) is 0.817. The van der Waals surface area contributed by atoms with Gasteiger partial charge in [-0.05, 0) is 48.4 Å². The highest BCUT2D eigenvalue weighted by Crippen LogP contribution is 2.32. The Balaban J connectivity index is 1.82. The molecule has 1 heterocycles. The minimum atomic E-state index is -0.367. The first-order valence-electron chi connectivity index (χ1n) is 7.95. The number of nitrogens with one attached hydrogen (secondary N) is 2. The fourth-order valence-electron chi connectivity index (χ4n) is 2.35. The van der Waals surface area contributed by atoms with E-state index >= 15 is 0 Å². The lowest BCUT2D eigenvalue weighted by molar-refractivity contribution is -0.115. The molecule has 1 aliphatic heterocycles. The normalized spacial score (nSPS) is 14.5. The van der Waals surface area contributed by atoms with Crippen molar-refractivity contribution in [3.63, 3.8) is 0 Å². The van der Waals surface area contributed by atoms with Crippen molar-refractivity contribution in [2.24, 2.45) is 0 Å². The molecule has 6 heteroatoms. The standard InChI is InChI=1S/C19H17ClN2O3/c1-2-9-21-18(23)13-5-8-16-15(11-13)22-19(24)17(25-16)10-12-3-6-14(20)7-4-12/h3-8,10-11H,2,9H2,1H3,(H,21,23)(H,22,24)/b17-10+. The van der Waals surface area contributed by atoms with E-state index in [1.54, 1.807) is 48.5 Å². The second kappa shape index (κ2) is 7.40. The number of carbonyl (C=O) groups is 2. The third-order valence-corrected chi connectivity index (χ3v) is 3.89. The summed E-state index contributed by atoms with van der Waals surface area (Å²) in [5.74, 6) is 0.125. The molecule has 5 nitrogen and oxygen atoms in total. The van der Waals surface area contributed by atoms with Crippen LogP contribution in [-0.4, -0.2) is 18.4 Å². The van der Waals surface area contributed by atoms with E-state index in [0.29, 0.717) is 28.6 Å². The lowest BCUT2D eigenvalue weighted by Crippen LogP contribution is -2.26. The number of hydrogen-bond acceptors (Lipinski definition) is 3. The smallest absolute Gasteiger partial charge is 0.291 e. The fourth-order valence-corrected chi connectivity index (χ4v) is 2.48. The molecule has 1 aliphatic rings. The molecular weight excluding hydrogens is 340 g/mol. The van der Waals surface area contributed by atoms with Crippen LogP contribution in [0.5, 0.6) is 5.75 Å². The van der Waals surface area contributed by atoms with Gasteiger partial charge in [0.2, 0.25) is 0 Å². The van der Waals surface area contributed by atoms with Crippen molar-refractivity contribution < 1.29 is 14.3 Å². The SMILES string of the molecule is CCCNC(=O)c1ccc2c(c1)NC(=O)/C(=C\c1ccc(Cl)cc1)O2. The van der Waals surface area contributed by atoms with E-state index in [0.717, 1.165) is 12.0 Å². The van der Waals surface area contributed by atoms with E-state index in [1.807, 2.05) is 6.92 Å². The van der Waals surface area contributed by atoms with Gasteiger partial charge < -0.3 is 15.4 Å². The van der Waals surface area contributed by atoms with E-state index in [2.05, 4.69) is 10.6 Å². The lowest BCUT2D eigenvalue weighted by atomic mass is 10.1. The van der Waals surface area contributed by atoms with Gasteiger partial charge in [-0.3, -0.25) is 9.59 Å². The number of hydrogen-bond donors (Lipinski definition) is 2. The maximum absolute atomic E-state index is 12.3. The van der Waals surface area contributed by atoms with Crippen LogP contribution in [0.4, 0.5) is 5.69 Å². The molecule has 0 fully saturated rings. The van der Waals surface area contributed by atoms with Crippen molar-refractivity contribution in [1.29, 1.82) is 0 Å². The van der Waals surface area contributed by atoms with E-state index < -0.39 is 0 Å². The Morgan fingerprint density at radius 2 is 2.00 bits per heavy atom. The van der Waals surface area contributed by atoms with E-state index in [1.165, 1.54) is 0 Å². The summed E-state index contributed by atoms with van der Waals surface area (Å²) in [6.07, 6.45) is 2.49. The lowest BCUT2D eigenvalue weighted by Gasteiger charge is -2.20. The van der Waals surface area contributed by atoms with Crippen LogP contribution in [0.3, 0.4) is 0 Å². The Kier molecular flexibility index (Phi) is 5.05. The number of amides is 2. The highest BCUT2D eigenvalue weighted by molar-refractivity contribution is 6.30. The fraction of sp³-hybridized carbons (Fsp3) is 0.158. The zero-order chi connectivity index (χ0) is 17.8. The van der Waals surface area contributed by atoms with Crippen LogP contribution in [0.1, 0.15) is 29.3 Å². The van der Waals surface area contributed by atoms with Crippen molar-refractivity contribution in [3.8, 4) is 5.75 Å². The van der Waals surface area contributed by atoms with Crippen LogP contribution < -0.4 is 15.4 Å². The van der Waals surface area contributed by atoms with Crippen LogP contribution >= 0.6 is 11.6 Å². The summed E-state index contributed by atoms with van der Waals surface area (Å²) < 4.78 is 5.68. The van der Waals surface area contributed by atoms with Gasteiger partial charge in [0, 0.05) is 17.1 Å². The summed E-state index contributed by atoms with van der Waals surface area (Å²) >= 11 is 5.86. The number of anilines is 1. The molecule has 0 aromatic heterocycles. The molecule has 0 unspecified atom stereocenters. The second-order valence-corrected chi connectivity index (χ2v) is 6.02. The largest absolute Gasteiger partial charge is 0.449 e. The molecule has 0 atom stereocenters. The first-order chi connectivity index (χ1) is 12.1. The summed E-state index contributed by atoms with van der Waals surface area (Å²) in [5, 5.41) is 6.17. The molecule has 0 bridgehead atoms. The Bertz CT molecular complexity index is 844. The first-order valence-corrected chi connectivity index (χ1v) is 8.33. The number of fused-ring (bicyclic) bond motifs is 1. The van der Waals surface area contributed by atoms with Crippen LogP contribution in [0.25, 0.3) is 6.08 Å². The van der Waals surface area contributed by atoms with Gasteiger partial charge in [-0.25, -0.2) is 0 Å². The van der Waals surface area contributed by atoms with Gasteiger partial charge in [-0.2, -0.15) is 0 Å². The summed E-state index contributed by atoms with van der Waals surface area (Å²) in [4.78, 5) is 24.3. The number of halogens is 1. The predicted molar refractivity (Wildman–Crippen MR) is 97.8 cm³/mol.